The van der Waals surface area contributed by atoms with E-state index in [0.717, 1.165) is 31.6 Å². The van der Waals surface area contributed by atoms with Gasteiger partial charge in [0, 0.05) is 18.6 Å². The Morgan fingerprint density at radius 1 is 1.22 bits per heavy atom. The summed E-state index contributed by atoms with van der Waals surface area (Å²) >= 11 is 0. The van der Waals surface area contributed by atoms with Gasteiger partial charge in [0.2, 0.25) is 13.3 Å². The normalized spacial score (nSPS) is 37.8. The lowest BCUT2D eigenvalue weighted by molar-refractivity contribution is -0.127. The summed E-state index contributed by atoms with van der Waals surface area (Å²) in [6.07, 6.45) is 6.41. The van der Waals surface area contributed by atoms with Crippen LogP contribution in [-0.2, 0) is 13.9 Å². The molecule has 0 bridgehead atoms. The van der Waals surface area contributed by atoms with Crippen LogP contribution in [0.5, 0.6) is 0 Å². The maximum Gasteiger partial charge on any atom is 0.230 e. The number of carbonyl (C=O) groups excluding carboxylic acids is 1. The first kappa shape index (κ1) is 19.0. The van der Waals surface area contributed by atoms with Crippen LogP contribution in [0.15, 0.2) is 0 Å². The van der Waals surface area contributed by atoms with E-state index in [0.29, 0.717) is 32.3 Å². The molecule has 0 aromatic heterocycles. The molecular weight excluding hydrogens is 313 g/mol. The van der Waals surface area contributed by atoms with Gasteiger partial charge in [0.1, 0.15) is 5.34 Å². The van der Waals surface area contributed by atoms with Gasteiger partial charge in [0.15, 0.2) is 0 Å². The van der Waals surface area contributed by atoms with E-state index in [1.807, 2.05) is 0 Å². The molecule has 2 N–H and O–H groups in total. The van der Waals surface area contributed by atoms with Crippen LogP contribution in [0.1, 0.15) is 65.2 Å². The predicted octanol–water partition coefficient (Wildman–Crippen LogP) is 3.50. The van der Waals surface area contributed by atoms with Gasteiger partial charge in [-0.25, -0.2) is 0 Å². The highest BCUT2D eigenvalue weighted by molar-refractivity contribution is 7.59. The van der Waals surface area contributed by atoms with Gasteiger partial charge >= 0.3 is 0 Å². The van der Waals surface area contributed by atoms with E-state index in [1.54, 1.807) is 6.92 Å². The molecule has 0 spiro atoms. The van der Waals surface area contributed by atoms with Crippen LogP contribution in [0.2, 0.25) is 0 Å². The second-order valence-electron chi connectivity index (χ2n) is 7.49. The van der Waals surface area contributed by atoms with Gasteiger partial charge in [-0.3, -0.25) is 9.36 Å². The largest absolute Gasteiger partial charge is 0.380 e. The molecule has 0 heterocycles. The van der Waals surface area contributed by atoms with E-state index < -0.39 is 12.7 Å². The summed E-state index contributed by atoms with van der Waals surface area (Å²) in [6.45, 7) is 5.91. The third-order valence-electron chi connectivity index (χ3n) is 5.65. The van der Waals surface area contributed by atoms with Crippen molar-refractivity contribution in [1.29, 1.82) is 0 Å². The van der Waals surface area contributed by atoms with Crippen molar-refractivity contribution < 1.29 is 19.0 Å². The predicted molar refractivity (Wildman–Crippen MR) is 91.6 cm³/mol. The van der Waals surface area contributed by atoms with Gasteiger partial charge in [0.25, 0.3) is 0 Å². The molecular formula is C17H32NO4P. The molecule has 1 unspecified atom stereocenters. The van der Waals surface area contributed by atoms with Crippen molar-refractivity contribution in [3.05, 3.63) is 0 Å². The number of aliphatic hydroxyl groups is 1. The van der Waals surface area contributed by atoms with Crippen LogP contribution in [0.25, 0.3) is 0 Å². The summed E-state index contributed by atoms with van der Waals surface area (Å²) in [4.78, 5) is 12.4. The lowest BCUT2D eigenvalue weighted by atomic mass is 9.82. The number of nitrogens with one attached hydrogen (secondary N) is 1. The Labute approximate surface area is 140 Å². The van der Waals surface area contributed by atoms with Crippen molar-refractivity contribution >= 4 is 13.3 Å². The van der Waals surface area contributed by atoms with Crippen LogP contribution in [0.3, 0.4) is 0 Å². The van der Waals surface area contributed by atoms with E-state index in [9.17, 15) is 14.5 Å². The Morgan fingerprint density at radius 2 is 1.78 bits per heavy atom. The van der Waals surface area contributed by atoms with Gasteiger partial charge in [-0.05, 0) is 64.2 Å². The topological polar surface area (TPSA) is 75.6 Å². The van der Waals surface area contributed by atoms with E-state index in [4.69, 9.17) is 4.52 Å². The third kappa shape index (κ3) is 4.58. The number of hydrogen-bond acceptors (Lipinski definition) is 4. The maximum absolute atomic E-state index is 12.5. The molecule has 2 rings (SSSR count). The zero-order valence-corrected chi connectivity index (χ0v) is 15.6. The Balaban J connectivity index is 1.82. The summed E-state index contributed by atoms with van der Waals surface area (Å²) in [6, 6.07) is 0.0868. The van der Waals surface area contributed by atoms with Gasteiger partial charge < -0.3 is 14.9 Å². The molecule has 0 saturated heterocycles. The smallest absolute Gasteiger partial charge is 0.230 e. The minimum atomic E-state index is -3.03. The lowest BCUT2D eigenvalue weighted by Crippen LogP contribution is -2.45. The number of hydrogen-bond donors (Lipinski definition) is 2. The molecule has 5 nitrogen and oxygen atoms in total. The summed E-state index contributed by atoms with van der Waals surface area (Å²) in [7, 11) is -3.03. The average Bonchev–Trinajstić information content (AvgIpc) is 2.50. The molecule has 0 aromatic carbocycles. The van der Waals surface area contributed by atoms with E-state index >= 15 is 0 Å². The summed E-state index contributed by atoms with van der Waals surface area (Å²) in [5, 5.41) is 12.6. The van der Waals surface area contributed by atoms with Crippen molar-refractivity contribution in [1.82, 2.24) is 5.32 Å². The van der Waals surface area contributed by atoms with Crippen molar-refractivity contribution in [2.45, 2.75) is 76.6 Å². The maximum atomic E-state index is 12.5. The monoisotopic (exact) mass is 345 g/mol. The van der Waals surface area contributed by atoms with Crippen LogP contribution < -0.4 is 5.32 Å². The SMILES string of the molecule is CCOP(C)(=O)C1(O)CCC(NC(=O)C2CCC(C)CC2)CC1. The Hall–Kier alpha value is -0.380. The van der Waals surface area contributed by atoms with Crippen LogP contribution in [0.4, 0.5) is 0 Å². The van der Waals surface area contributed by atoms with Crippen LogP contribution in [0, 0.1) is 11.8 Å². The van der Waals surface area contributed by atoms with E-state index in [1.165, 1.54) is 6.66 Å². The first-order valence-corrected chi connectivity index (χ1v) is 11.1. The molecule has 0 aliphatic heterocycles. The molecule has 2 aliphatic carbocycles. The number of carbonyl (C=O) groups is 1. The average molecular weight is 345 g/mol. The highest BCUT2D eigenvalue weighted by Gasteiger charge is 2.46. The first-order chi connectivity index (χ1) is 10.8. The van der Waals surface area contributed by atoms with Crippen molar-refractivity contribution in [3.63, 3.8) is 0 Å². The molecule has 1 atom stereocenters. The Bertz CT molecular complexity index is 452. The van der Waals surface area contributed by atoms with Crippen LogP contribution in [-0.4, -0.2) is 35.7 Å². The Morgan fingerprint density at radius 3 is 2.30 bits per heavy atom. The minimum Gasteiger partial charge on any atom is -0.380 e. The van der Waals surface area contributed by atoms with Crippen molar-refractivity contribution in [2.75, 3.05) is 13.3 Å². The standard InChI is InChI=1S/C17H32NO4P/c1-4-22-23(3,21)17(20)11-9-15(10-12-17)18-16(19)14-7-5-13(2)6-8-14/h13-15,20H,4-12H2,1-3H3,(H,18,19). The molecule has 2 aliphatic rings. The fraction of sp³-hybridized carbons (Fsp3) is 0.941. The fourth-order valence-electron chi connectivity index (χ4n) is 3.84. The highest BCUT2D eigenvalue weighted by Crippen LogP contribution is 2.60. The molecule has 2 saturated carbocycles. The molecule has 2 fully saturated rings. The minimum absolute atomic E-state index is 0.0868. The second kappa shape index (κ2) is 7.67. The summed E-state index contributed by atoms with van der Waals surface area (Å²) in [5.41, 5.74) is 0. The molecule has 0 radical (unpaired) electrons. The molecule has 1 amide bonds. The lowest BCUT2D eigenvalue weighted by Gasteiger charge is -2.39. The zero-order chi connectivity index (χ0) is 17.1. The van der Waals surface area contributed by atoms with Gasteiger partial charge in [0.05, 0.1) is 6.61 Å². The first-order valence-electron chi connectivity index (χ1n) is 9.02. The second-order valence-corrected chi connectivity index (χ2v) is 10.3. The van der Waals surface area contributed by atoms with Gasteiger partial charge in [-0.1, -0.05) is 6.92 Å². The van der Waals surface area contributed by atoms with E-state index in [2.05, 4.69) is 12.2 Å². The van der Waals surface area contributed by atoms with Crippen LogP contribution >= 0.6 is 7.37 Å². The van der Waals surface area contributed by atoms with Gasteiger partial charge in [-0.15, -0.1) is 0 Å². The zero-order valence-electron chi connectivity index (χ0n) is 14.7. The summed E-state index contributed by atoms with van der Waals surface area (Å²) < 4.78 is 17.8. The Kier molecular flexibility index (Phi) is 6.32. The molecule has 6 heteroatoms. The number of rotatable bonds is 5. The third-order valence-corrected chi connectivity index (χ3v) is 8.36. The van der Waals surface area contributed by atoms with Crippen molar-refractivity contribution in [3.8, 4) is 0 Å². The fourth-order valence-corrected chi connectivity index (χ4v) is 5.64. The summed E-state index contributed by atoms with van der Waals surface area (Å²) in [5.74, 6) is 1.05. The van der Waals surface area contributed by atoms with Gasteiger partial charge in [-0.2, -0.15) is 0 Å². The van der Waals surface area contributed by atoms with E-state index in [-0.39, 0.29) is 17.9 Å². The molecule has 0 aromatic rings. The quantitative estimate of drug-likeness (QED) is 0.748. The number of amides is 1. The van der Waals surface area contributed by atoms with Crippen molar-refractivity contribution in [2.24, 2.45) is 11.8 Å². The molecule has 23 heavy (non-hydrogen) atoms. The molecule has 134 valence electrons. The highest BCUT2D eigenvalue weighted by atomic mass is 31.2.